The van der Waals surface area contributed by atoms with Crippen LogP contribution in [-0.4, -0.2) is 33.6 Å². The molecule has 1 amide bonds. The number of H-pyrrole nitrogens is 1. The van der Waals surface area contributed by atoms with E-state index >= 15 is 0 Å². The number of aromatic nitrogens is 3. The van der Waals surface area contributed by atoms with Crippen LogP contribution in [-0.2, 0) is 0 Å². The Kier molecular flexibility index (Phi) is 4.27. The zero-order valence-corrected chi connectivity index (χ0v) is 15.9. The van der Waals surface area contributed by atoms with E-state index in [4.69, 9.17) is 0 Å². The summed E-state index contributed by atoms with van der Waals surface area (Å²) in [4.78, 5) is 30.6. The summed E-state index contributed by atoms with van der Waals surface area (Å²) in [5.41, 5.74) is 2.94. The fourth-order valence-corrected chi connectivity index (χ4v) is 4.02. The molecule has 5 rings (SSSR count). The quantitative estimate of drug-likeness (QED) is 0.564. The first kappa shape index (κ1) is 17.5. The molecule has 0 radical (unpaired) electrons. The van der Waals surface area contributed by atoms with Gasteiger partial charge in [-0.15, -0.1) is 0 Å². The zero-order valence-electron chi connectivity index (χ0n) is 15.9. The summed E-state index contributed by atoms with van der Waals surface area (Å²) in [6.45, 7) is 1.98. The standard InChI is InChI=1S/C22H21N5O2/c28-21-15-8-2-4-10-18(15)27-20(25-21)16(14-23-27)22(29)24-17-9-3-5-11-19(17)26-12-6-1-7-13-26/h2-5,8-11,14H,1,6-7,12-13H2,(H,24,29)(H,25,28). The van der Waals surface area contributed by atoms with E-state index in [2.05, 4.69) is 20.3 Å². The molecule has 0 bridgehead atoms. The second kappa shape index (κ2) is 7.09. The van der Waals surface area contributed by atoms with E-state index in [-0.39, 0.29) is 11.5 Å². The molecule has 146 valence electrons. The van der Waals surface area contributed by atoms with Gasteiger partial charge in [0.1, 0.15) is 11.2 Å². The molecule has 2 aromatic heterocycles. The number of aromatic amines is 1. The molecular weight excluding hydrogens is 366 g/mol. The highest BCUT2D eigenvalue weighted by atomic mass is 16.2. The van der Waals surface area contributed by atoms with Crippen LogP contribution >= 0.6 is 0 Å². The Morgan fingerprint density at radius 3 is 2.62 bits per heavy atom. The predicted octanol–water partition coefficient (Wildman–Crippen LogP) is 3.42. The van der Waals surface area contributed by atoms with Crippen LogP contribution in [0, 0.1) is 0 Å². The molecule has 2 N–H and O–H groups in total. The van der Waals surface area contributed by atoms with Crippen LogP contribution in [0.4, 0.5) is 11.4 Å². The Balaban J connectivity index is 1.53. The summed E-state index contributed by atoms with van der Waals surface area (Å²) in [6.07, 6.45) is 5.06. The summed E-state index contributed by atoms with van der Waals surface area (Å²) < 4.78 is 1.60. The maximum Gasteiger partial charge on any atom is 0.261 e. The normalized spacial score (nSPS) is 14.4. The minimum atomic E-state index is -0.296. The molecule has 7 heteroatoms. The molecule has 0 unspecified atom stereocenters. The average Bonchev–Trinajstić information content (AvgIpc) is 3.19. The van der Waals surface area contributed by atoms with Crippen molar-refractivity contribution in [1.29, 1.82) is 0 Å². The lowest BCUT2D eigenvalue weighted by Crippen LogP contribution is -2.30. The smallest absolute Gasteiger partial charge is 0.261 e. The molecule has 1 aliphatic heterocycles. The van der Waals surface area contributed by atoms with E-state index in [0.717, 1.165) is 37.3 Å². The molecule has 4 aromatic rings. The third kappa shape index (κ3) is 3.04. The lowest BCUT2D eigenvalue weighted by atomic mass is 10.1. The van der Waals surface area contributed by atoms with Gasteiger partial charge < -0.3 is 15.2 Å². The number of amides is 1. The number of nitrogens with zero attached hydrogens (tertiary/aromatic N) is 3. The van der Waals surface area contributed by atoms with Crippen molar-refractivity contribution in [3.63, 3.8) is 0 Å². The van der Waals surface area contributed by atoms with E-state index in [1.807, 2.05) is 36.4 Å². The molecule has 2 aromatic carbocycles. The Hall–Kier alpha value is -3.61. The van der Waals surface area contributed by atoms with Gasteiger partial charge in [-0.3, -0.25) is 9.59 Å². The first-order chi connectivity index (χ1) is 14.2. The van der Waals surface area contributed by atoms with Crippen molar-refractivity contribution >= 4 is 33.8 Å². The Labute approximate surface area is 167 Å². The van der Waals surface area contributed by atoms with E-state index < -0.39 is 0 Å². The highest BCUT2D eigenvalue weighted by Crippen LogP contribution is 2.29. The van der Waals surface area contributed by atoms with Crippen LogP contribution in [0.3, 0.4) is 0 Å². The molecule has 0 spiro atoms. The third-order valence-electron chi connectivity index (χ3n) is 5.47. The Bertz CT molecular complexity index is 1270. The van der Waals surface area contributed by atoms with Crippen LogP contribution in [0.2, 0.25) is 0 Å². The summed E-state index contributed by atoms with van der Waals surface area (Å²) in [5, 5.41) is 7.88. The number of rotatable bonds is 3. The number of nitrogens with one attached hydrogen (secondary N) is 2. The SMILES string of the molecule is O=C(Nc1ccccc1N1CCCCC1)c1cnn2c1[nH]c(=O)c1ccccc12. The Morgan fingerprint density at radius 2 is 1.76 bits per heavy atom. The molecule has 1 fully saturated rings. The van der Waals surface area contributed by atoms with Crippen molar-refractivity contribution in [2.45, 2.75) is 19.3 Å². The Morgan fingerprint density at radius 1 is 1.00 bits per heavy atom. The summed E-state index contributed by atoms with van der Waals surface area (Å²) in [7, 11) is 0. The monoisotopic (exact) mass is 387 g/mol. The van der Waals surface area contributed by atoms with Gasteiger partial charge in [-0.25, -0.2) is 4.52 Å². The fraction of sp³-hybridized carbons (Fsp3) is 0.227. The van der Waals surface area contributed by atoms with E-state index in [9.17, 15) is 9.59 Å². The van der Waals surface area contributed by atoms with Crippen molar-refractivity contribution in [2.24, 2.45) is 0 Å². The highest BCUT2D eigenvalue weighted by molar-refractivity contribution is 6.09. The molecule has 7 nitrogen and oxygen atoms in total. The van der Waals surface area contributed by atoms with Gasteiger partial charge in [-0.1, -0.05) is 24.3 Å². The average molecular weight is 387 g/mol. The molecule has 1 saturated heterocycles. The fourth-order valence-electron chi connectivity index (χ4n) is 4.02. The van der Waals surface area contributed by atoms with Gasteiger partial charge in [-0.05, 0) is 43.5 Å². The van der Waals surface area contributed by atoms with Crippen LogP contribution in [0.5, 0.6) is 0 Å². The number of carbonyl (C=O) groups is 1. The van der Waals surface area contributed by atoms with Crippen LogP contribution in [0.25, 0.3) is 16.6 Å². The molecule has 1 aliphatic rings. The minimum Gasteiger partial charge on any atom is -0.370 e. The molecule has 0 aliphatic carbocycles. The van der Waals surface area contributed by atoms with Gasteiger partial charge in [0.2, 0.25) is 0 Å². The van der Waals surface area contributed by atoms with Crippen LogP contribution in [0.15, 0.2) is 59.5 Å². The summed E-state index contributed by atoms with van der Waals surface area (Å²) in [6, 6.07) is 15.0. The lowest BCUT2D eigenvalue weighted by Gasteiger charge is -2.30. The van der Waals surface area contributed by atoms with Gasteiger partial charge in [0.15, 0.2) is 0 Å². The van der Waals surface area contributed by atoms with Crippen molar-refractivity contribution < 1.29 is 4.79 Å². The van der Waals surface area contributed by atoms with Crippen molar-refractivity contribution in [2.75, 3.05) is 23.3 Å². The third-order valence-corrected chi connectivity index (χ3v) is 5.47. The molecular formula is C22H21N5O2. The number of hydrogen-bond acceptors (Lipinski definition) is 4. The van der Waals surface area contributed by atoms with Gasteiger partial charge in [-0.2, -0.15) is 5.10 Å². The molecule has 0 atom stereocenters. The van der Waals surface area contributed by atoms with Gasteiger partial charge in [0, 0.05) is 13.1 Å². The molecule has 3 heterocycles. The predicted molar refractivity (Wildman–Crippen MR) is 114 cm³/mol. The number of para-hydroxylation sites is 3. The maximum atomic E-state index is 13.1. The number of hydrogen-bond donors (Lipinski definition) is 2. The van der Waals surface area contributed by atoms with Gasteiger partial charge in [0.25, 0.3) is 11.5 Å². The van der Waals surface area contributed by atoms with Crippen molar-refractivity contribution in [3.8, 4) is 0 Å². The van der Waals surface area contributed by atoms with Gasteiger partial charge >= 0.3 is 0 Å². The van der Waals surface area contributed by atoms with Crippen molar-refractivity contribution in [1.82, 2.24) is 14.6 Å². The van der Waals surface area contributed by atoms with Crippen LogP contribution < -0.4 is 15.8 Å². The number of piperidine rings is 1. The van der Waals surface area contributed by atoms with Crippen LogP contribution in [0.1, 0.15) is 29.6 Å². The maximum absolute atomic E-state index is 13.1. The number of benzene rings is 2. The summed E-state index contributed by atoms with van der Waals surface area (Å²) >= 11 is 0. The lowest BCUT2D eigenvalue weighted by molar-refractivity contribution is 0.102. The second-order valence-electron chi connectivity index (χ2n) is 7.31. The zero-order chi connectivity index (χ0) is 19.8. The van der Waals surface area contributed by atoms with E-state index in [0.29, 0.717) is 22.1 Å². The highest BCUT2D eigenvalue weighted by Gasteiger charge is 2.19. The number of anilines is 2. The minimum absolute atomic E-state index is 0.239. The number of fused-ring (bicyclic) bond motifs is 3. The summed E-state index contributed by atoms with van der Waals surface area (Å²) in [5.74, 6) is -0.296. The molecule has 29 heavy (non-hydrogen) atoms. The van der Waals surface area contributed by atoms with Crippen molar-refractivity contribution in [3.05, 3.63) is 70.6 Å². The largest absolute Gasteiger partial charge is 0.370 e. The van der Waals surface area contributed by atoms with Gasteiger partial charge in [0.05, 0.1) is 28.5 Å². The van der Waals surface area contributed by atoms with E-state index in [1.54, 1.807) is 16.6 Å². The number of carbonyl (C=O) groups excluding carboxylic acids is 1. The first-order valence-electron chi connectivity index (χ1n) is 9.86. The van der Waals surface area contributed by atoms with E-state index in [1.165, 1.54) is 12.6 Å². The topological polar surface area (TPSA) is 82.5 Å². The molecule has 0 saturated carbocycles. The second-order valence-corrected chi connectivity index (χ2v) is 7.31. The first-order valence-corrected chi connectivity index (χ1v) is 9.86.